The smallest absolute Gasteiger partial charge is 0.249 e. The summed E-state index contributed by atoms with van der Waals surface area (Å²) in [6, 6.07) is 6.03. The van der Waals surface area contributed by atoms with Crippen molar-refractivity contribution in [3.8, 4) is 11.5 Å². The maximum absolute atomic E-state index is 12.8. The molecule has 2 fully saturated rings. The summed E-state index contributed by atoms with van der Waals surface area (Å²) in [7, 11) is 0. The summed E-state index contributed by atoms with van der Waals surface area (Å²) in [4.78, 5) is 12.8. The number of ether oxygens (including phenoxy) is 3. The second-order valence-corrected chi connectivity index (χ2v) is 7.20. The van der Waals surface area contributed by atoms with Crippen LogP contribution in [-0.4, -0.2) is 37.9 Å². The molecule has 3 N–H and O–H groups in total. The van der Waals surface area contributed by atoms with Gasteiger partial charge in [0.15, 0.2) is 11.5 Å². The molecule has 0 unspecified atom stereocenters. The van der Waals surface area contributed by atoms with Crippen LogP contribution < -0.4 is 20.5 Å². The zero-order valence-electron chi connectivity index (χ0n) is 14.5. The van der Waals surface area contributed by atoms with Gasteiger partial charge >= 0.3 is 0 Å². The van der Waals surface area contributed by atoms with Gasteiger partial charge in [-0.2, -0.15) is 0 Å². The van der Waals surface area contributed by atoms with Crippen molar-refractivity contribution >= 4 is 5.91 Å². The maximum Gasteiger partial charge on any atom is 0.249 e. The number of amides is 1. The van der Waals surface area contributed by atoms with Gasteiger partial charge in [0.2, 0.25) is 5.91 Å². The van der Waals surface area contributed by atoms with Crippen LogP contribution in [0.4, 0.5) is 0 Å². The Bertz CT molecular complexity index is 642. The Morgan fingerprint density at radius 3 is 2.64 bits per heavy atom. The number of nitrogens with two attached hydrogens (primary N) is 1. The van der Waals surface area contributed by atoms with Gasteiger partial charge in [0.1, 0.15) is 19.3 Å². The number of hydrogen-bond donors (Lipinski definition) is 2. The van der Waals surface area contributed by atoms with Gasteiger partial charge in [0, 0.05) is 6.54 Å². The molecule has 0 aromatic heterocycles. The number of carbonyl (C=O) groups excluding carboxylic acids is 1. The van der Waals surface area contributed by atoms with Crippen molar-refractivity contribution in [2.45, 2.75) is 56.3 Å². The Kier molecular flexibility index (Phi) is 4.56. The third kappa shape index (κ3) is 3.20. The molecule has 2 aliphatic heterocycles. The number of benzene rings is 1. The van der Waals surface area contributed by atoms with E-state index in [4.69, 9.17) is 19.9 Å². The van der Waals surface area contributed by atoms with Crippen LogP contribution in [0.3, 0.4) is 0 Å². The molecule has 1 saturated carbocycles. The molecule has 6 heteroatoms. The Hall–Kier alpha value is -1.79. The van der Waals surface area contributed by atoms with E-state index in [9.17, 15) is 4.79 Å². The molecule has 0 spiro atoms. The Morgan fingerprint density at radius 2 is 1.92 bits per heavy atom. The van der Waals surface area contributed by atoms with Crippen LogP contribution >= 0.6 is 0 Å². The zero-order chi connectivity index (χ0) is 17.3. The van der Waals surface area contributed by atoms with Gasteiger partial charge in [-0.25, -0.2) is 0 Å². The Balaban J connectivity index is 1.55. The molecule has 136 valence electrons. The Labute approximate surface area is 148 Å². The molecule has 1 aliphatic carbocycles. The Morgan fingerprint density at radius 1 is 1.16 bits per heavy atom. The van der Waals surface area contributed by atoms with Crippen LogP contribution in [0.15, 0.2) is 18.2 Å². The van der Waals surface area contributed by atoms with Gasteiger partial charge in [-0.3, -0.25) is 4.79 Å². The first-order valence-corrected chi connectivity index (χ1v) is 9.28. The molecule has 1 amide bonds. The van der Waals surface area contributed by atoms with Crippen molar-refractivity contribution in [2.24, 2.45) is 5.73 Å². The molecular weight excluding hydrogens is 320 g/mol. The maximum atomic E-state index is 12.8. The number of fused-ring (bicyclic) bond motifs is 1. The average Bonchev–Trinajstić information content (AvgIpc) is 3.31. The molecule has 2 heterocycles. The minimum absolute atomic E-state index is 0.00423. The lowest BCUT2D eigenvalue weighted by Gasteiger charge is -2.33. The van der Waals surface area contributed by atoms with E-state index in [1.807, 2.05) is 12.1 Å². The van der Waals surface area contributed by atoms with E-state index in [1.54, 1.807) is 0 Å². The normalized spacial score (nSPS) is 27.2. The lowest BCUT2D eigenvalue weighted by atomic mass is 9.87. The number of hydrogen-bond acceptors (Lipinski definition) is 5. The molecule has 2 atom stereocenters. The topological polar surface area (TPSA) is 82.8 Å². The monoisotopic (exact) mass is 346 g/mol. The predicted molar refractivity (Wildman–Crippen MR) is 92.7 cm³/mol. The third-order valence-electron chi connectivity index (χ3n) is 5.58. The highest BCUT2D eigenvalue weighted by Crippen LogP contribution is 2.42. The van der Waals surface area contributed by atoms with Gasteiger partial charge in [0.25, 0.3) is 0 Å². The van der Waals surface area contributed by atoms with E-state index in [0.29, 0.717) is 19.8 Å². The number of carbonyl (C=O) groups is 1. The summed E-state index contributed by atoms with van der Waals surface area (Å²) >= 11 is 0. The third-order valence-corrected chi connectivity index (χ3v) is 5.58. The van der Waals surface area contributed by atoms with Crippen molar-refractivity contribution in [1.82, 2.24) is 5.32 Å². The van der Waals surface area contributed by atoms with Crippen LogP contribution in [0.25, 0.3) is 0 Å². The molecule has 1 saturated heterocycles. The summed E-state index contributed by atoms with van der Waals surface area (Å²) in [6.07, 6.45) is 5.29. The summed E-state index contributed by atoms with van der Waals surface area (Å²) in [5.41, 5.74) is 6.42. The van der Waals surface area contributed by atoms with Crippen molar-refractivity contribution in [3.63, 3.8) is 0 Å². The predicted octanol–water partition coefficient (Wildman–Crippen LogP) is 1.85. The largest absolute Gasteiger partial charge is 0.486 e. The minimum Gasteiger partial charge on any atom is -0.486 e. The summed E-state index contributed by atoms with van der Waals surface area (Å²) in [6.45, 7) is 1.61. The molecule has 4 rings (SSSR count). The van der Waals surface area contributed by atoms with Crippen LogP contribution in [0.2, 0.25) is 0 Å². The van der Waals surface area contributed by atoms with Gasteiger partial charge < -0.3 is 25.3 Å². The standard InChI is InChI=1S/C19H26N2O4/c20-12-14-4-6-16(25-14)18(22)21-19(7-1-2-8-19)13-3-5-15-17(11-13)24-10-9-23-15/h3,5,11,14,16H,1-2,4,6-10,12,20H2,(H,21,22)/t14-,16+/m1/s1. The summed E-state index contributed by atoms with van der Waals surface area (Å²) < 4.78 is 17.1. The molecule has 3 aliphatic rings. The van der Waals surface area contributed by atoms with E-state index >= 15 is 0 Å². The fourth-order valence-electron chi connectivity index (χ4n) is 4.19. The van der Waals surface area contributed by atoms with Crippen LogP contribution in [0.1, 0.15) is 44.1 Å². The molecule has 1 aromatic rings. The second kappa shape index (κ2) is 6.84. The van der Waals surface area contributed by atoms with Crippen LogP contribution in [-0.2, 0) is 15.1 Å². The molecule has 1 aromatic carbocycles. The van der Waals surface area contributed by atoms with Gasteiger partial charge in [-0.15, -0.1) is 0 Å². The molecule has 0 radical (unpaired) electrons. The fourth-order valence-corrected chi connectivity index (χ4v) is 4.19. The highest BCUT2D eigenvalue weighted by Gasteiger charge is 2.40. The molecule has 25 heavy (non-hydrogen) atoms. The van der Waals surface area contributed by atoms with E-state index in [0.717, 1.165) is 55.6 Å². The molecule has 0 bridgehead atoms. The van der Waals surface area contributed by atoms with E-state index in [1.165, 1.54) is 0 Å². The minimum atomic E-state index is -0.386. The van der Waals surface area contributed by atoms with Crippen molar-refractivity contribution in [1.29, 1.82) is 0 Å². The highest BCUT2D eigenvalue weighted by atomic mass is 16.6. The quantitative estimate of drug-likeness (QED) is 0.869. The first kappa shape index (κ1) is 16.7. The lowest BCUT2D eigenvalue weighted by Crippen LogP contribution is -2.48. The van der Waals surface area contributed by atoms with Crippen molar-refractivity contribution in [2.75, 3.05) is 19.8 Å². The SMILES string of the molecule is NC[C@H]1CC[C@@H](C(=O)NC2(c3ccc4c(c3)OCCO4)CCCC2)O1. The van der Waals surface area contributed by atoms with E-state index in [-0.39, 0.29) is 23.7 Å². The highest BCUT2D eigenvalue weighted by molar-refractivity contribution is 5.82. The van der Waals surface area contributed by atoms with Crippen molar-refractivity contribution < 1.29 is 19.0 Å². The first-order chi connectivity index (χ1) is 12.2. The van der Waals surface area contributed by atoms with Crippen LogP contribution in [0, 0.1) is 0 Å². The van der Waals surface area contributed by atoms with Gasteiger partial charge in [-0.1, -0.05) is 18.9 Å². The van der Waals surface area contributed by atoms with Crippen LogP contribution in [0.5, 0.6) is 11.5 Å². The second-order valence-electron chi connectivity index (χ2n) is 7.20. The number of nitrogens with one attached hydrogen (secondary N) is 1. The molecule has 6 nitrogen and oxygen atoms in total. The molecular formula is C19H26N2O4. The number of rotatable bonds is 4. The summed E-state index contributed by atoms with van der Waals surface area (Å²) in [5.74, 6) is 1.52. The zero-order valence-corrected chi connectivity index (χ0v) is 14.5. The fraction of sp³-hybridized carbons (Fsp3) is 0.632. The van der Waals surface area contributed by atoms with E-state index in [2.05, 4.69) is 11.4 Å². The average molecular weight is 346 g/mol. The summed E-state index contributed by atoms with van der Waals surface area (Å²) in [5, 5.41) is 3.30. The lowest BCUT2D eigenvalue weighted by molar-refractivity contribution is -0.134. The first-order valence-electron chi connectivity index (χ1n) is 9.28. The van der Waals surface area contributed by atoms with Gasteiger partial charge in [0.05, 0.1) is 11.6 Å². The van der Waals surface area contributed by atoms with E-state index < -0.39 is 0 Å². The van der Waals surface area contributed by atoms with Gasteiger partial charge in [-0.05, 0) is 43.4 Å². The van der Waals surface area contributed by atoms with Crippen molar-refractivity contribution in [3.05, 3.63) is 23.8 Å².